The van der Waals surface area contributed by atoms with Crippen LogP contribution >= 0.6 is 0 Å². The molecule has 1 saturated carbocycles. The quantitative estimate of drug-likeness (QED) is 0.778. The second-order valence-electron chi connectivity index (χ2n) is 6.16. The lowest BCUT2D eigenvalue weighted by Crippen LogP contribution is -2.46. The average Bonchev–Trinajstić information content (AvgIpc) is 2.33. The Labute approximate surface area is 104 Å². The third kappa shape index (κ3) is 3.01. The molecule has 0 aromatic rings. The van der Waals surface area contributed by atoms with Crippen LogP contribution in [-0.4, -0.2) is 23.7 Å². The first-order valence-electron chi connectivity index (χ1n) is 7.04. The molecule has 0 radical (unpaired) electrons. The lowest BCUT2D eigenvalue weighted by Gasteiger charge is -2.39. The van der Waals surface area contributed by atoms with Gasteiger partial charge in [-0.3, -0.25) is 4.79 Å². The third-order valence-corrected chi connectivity index (χ3v) is 5.06. The zero-order valence-corrected chi connectivity index (χ0v) is 11.0. The van der Waals surface area contributed by atoms with Gasteiger partial charge in [0.1, 0.15) is 6.04 Å². The van der Waals surface area contributed by atoms with Crippen molar-refractivity contribution in [1.82, 2.24) is 5.32 Å². The lowest BCUT2D eigenvalue weighted by atomic mass is 9.69. The summed E-state index contributed by atoms with van der Waals surface area (Å²) < 4.78 is 0. The number of rotatable bonds is 2. The summed E-state index contributed by atoms with van der Waals surface area (Å²) in [5, 5.41) is 12.1. The summed E-state index contributed by atoms with van der Waals surface area (Å²) in [7, 11) is 0. The van der Waals surface area contributed by atoms with E-state index in [9.17, 15) is 4.79 Å². The number of carbonyl (C=O) groups is 1. The van der Waals surface area contributed by atoms with E-state index in [0.717, 1.165) is 37.1 Å². The zero-order chi connectivity index (χ0) is 12.4. The van der Waals surface area contributed by atoms with E-state index in [1.165, 1.54) is 19.3 Å². The van der Waals surface area contributed by atoms with Crippen LogP contribution in [0.1, 0.15) is 46.0 Å². The Balaban J connectivity index is 1.83. The molecule has 2 N–H and O–H groups in total. The smallest absolute Gasteiger partial charge is 0.320 e. The third-order valence-electron chi connectivity index (χ3n) is 5.06. The second-order valence-corrected chi connectivity index (χ2v) is 6.16. The highest BCUT2D eigenvalue weighted by Gasteiger charge is 2.33. The summed E-state index contributed by atoms with van der Waals surface area (Å²) in [6.45, 7) is 5.64. The van der Waals surface area contributed by atoms with Crippen LogP contribution in [0.15, 0.2) is 0 Å². The number of nitrogens with one attached hydrogen (secondary N) is 1. The molecule has 2 rings (SSSR count). The van der Waals surface area contributed by atoms with Crippen LogP contribution < -0.4 is 5.32 Å². The minimum atomic E-state index is -0.686. The van der Waals surface area contributed by atoms with E-state index in [1.54, 1.807) is 0 Å². The van der Waals surface area contributed by atoms with Crippen molar-refractivity contribution in [2.24, 2.45) is 23.7 Å². The van der Waals surface area contributed by atoms with Gasteiger partial charge < -0.3 is 10.4 Å². The summed E-state index contributed by atoms with van der Waals surface area (Å²) in [5.74, 6) is 2.55. The first kappa shape index (κ1) is 12.9. The number of hydrogen-bond acceptors (Lipinski definition) is 2. The van der Waals surface area contributed by atoms with Crippen molar-refractivity contribution in [2.45, 2.75) is 52.0 Å². The molecule has 0 bridgehead atoms. The molecule has 1 aliphatic heterocycles. The highest BCUT2D eigenvalue weighted by Crippen LogP contribution is 2.39. The van der Waals surface area contributed by atoms with Crippen LogP contribution in [0, 0.1) is 23.7 Å². The van der Waals surface area contributed by atoms with Gasteiger partial charge in [-0.1, -0.05) is 20.3 Å². The molecule has 98 valence electrons. The fourth-order valence-corrected chi connectivity index (χ4v) is 3.51. The number of carboxylic acids is 1. The maximum atomic E-state index is 10.9. The molecule has 1 heterocycles. The Hall–Kier alpha value is -0.570. The van der Waals surface area contributed by atoms with Crippen molar-refractivity contribution < 1.29 is 9.90 Å². The van der Waals surface area contributed by atoms with Crippen LogP contribution in [0.4, 0.5) is 0 Å². The maximum Gasteiger partial charge on any atom is 0.320 e. The molecular formula is C14H25NO2. The van der Waals surface area contributed by atoms with Gasteiger partial charge >= 0.3 is 5.97 Å². The molecule has 5 unspecified atom stereocenters. The van der Waals surface area contributed by atoms with E-state index in [2.05, 4.69) is 19.2 Å². The van der Waals surface area contributed by atoms with Crippen molar-refractivity contribution in [2.75, 3.05) is 6.54 Å². The van der Waals surface area contributed by atoms with Gasteiger partial charge in [0.05, 0.1) is 0 Å². The summed E-state index contributed by atoms with van der Waals surface area (Å²) in [6, 6.07) is -0.300. The predicted octanol–water partition coefficient (Wildman–Crippen LogP) is 2.51. The molecule has 0 spiro atoms. The van der Waals surface area contributed by atoms with Crippen LogP contribution in [0.25, 0.3) is 0 Å². The van der Waals surface area contributed by atoms with Crippen LogP contribution in [0.5, 0.6) is 0 Å². The van der Waals surface area contributed by atoms with Gasteiger partial charge in [0.25, 0.3) is 0 Å². The van der Waals surface area contributed by atoms with Crippen LogP contribution in [0.2, 0.25) is 0 Å². The van der Waals surface area contributed by atoms with Crippen molar-refractivity contribution in [3.8, 4) is 0 Å². The van der Waals surface area contributed by atoms with E-state index >= 15 is 0 Å². The molecular weight excluding hydrogens is 214 g/mol. The fourth-order valence-electron chi connectivity index (χ4n) is 3.51. The number of aliphatic carboxylic acids is 1. The molecule has 1 saturated heterocycles. The summed E-state index contributed by atoms with van der Waals surface area (Å²) in [5.41, 5.74) is 0. The van der Waals surface area contributed by atoms with Gasteiger partial charge in [-0.05, 0) is 55.9 Å². The summed E-state index contributed by atoms with van der Waals surface area (Å²) in [4.78, 5) is 10.9. The Bertz CT molecular complexity index is 271. The van der Waals surface area contributed by atoms with Crippen molar-refractivity contribution in [1.29, 1.82) is 0 Å². The minimum absolute atomic E-state index is 0.300. The van der Waals surface area contributed by atoms with Gasteiger partial charge in [0, 0.05) is 0 Å². The molecule has 2 aliphatic rings. The summed E-state index contributed by atoms with van der Waals surface area (Å²) in [6.07, 6.45) is 5.93. The molecule has 5 atom stereocenters. The van der Waals surface area contributed by atoms with Gasteiger partial charge in [0.15, 0.2) is 0 Å². The maximum absolute atomic E-state index is 10.9. The fraction of sp³-hybridized carbons (Fsp3) is 0.929. The molecule has 0 aromatic heterocycles. The van der Waals surface area contributed by atoms with Crippen LogP contribution in [0.3, 0.4) is 0 Å². The van der Waals surface area contributed by atoms with Gasteiger partial charge in [-0.15, -0.1) is 0 Å². The van der Waals surface area contributed by atoms with Crippen molar-refractivity contribution in [3.63, 3.8) is 0 Å². The first-order valence-corrected chi connectivity index (χ1v) is 7.04. The van der Waals surface area contributed by atoms with E-state index in [0.29, 0.717) is 5.92 Å². The topological polar surface area (TPSA) is 49.3 Å². The molecule has 2 fully saturated rings. The average molecular weight is 239 g/mol. The largest absolute Gasteiger partial charge is 0.480 e. The normalized spacial score (nSPS) is 43.3. The first-order chi connectivity index (χ1) is 8.08. The Morgan fingerprint density at radius 1 is 1.06 bits per heavy atom. The molecule has 3 nitrogen and oxygen atoms in total. The van der Waals surface area contributed by atoms with Crippen molar-refractivity contribution in [3.05, 3.63) is 0 Å². The van der Waals surface area contributed by atoms with Crippen molar-refractivity contribution >= 4 is 5.97 Å². The Kier molecular flexibility index (Phi) is 4.08. The van der Waals surface area contributed by atoms with Gasteiger partial charge in [-0.25, -0.2) is 0 Å². The van der Waals surface area contributed by atoms with E-state index in [-0.39, 0.29) is 6.04 Å². The van der Waals surface area contributed by atoms with Gasteiger partial charge in [0.2, 0.25) is 0 Å². The minimum Gasteiger partial charge on any atom is -0.480 e. The predicted molar refractivity (Wildman–Crippen MR) is 67.8 cm³/mol. The molecule has 0 amide bonds. The van der Waals surface area contributed by atoms with E-state index in [1.807, 2.05) is 0 Å². The van der Waals surface area contributed by atoms with Gasteiger partial charge in [-0.2, -0.15) is 0 Å². The zero-order valence-electron chi connectivity index (χ0n) is 11.0. The van der Waals surface area contributed by atoms with Crippen LogP contribution in [-0.2, 0) is 4.79 Å². The highest BCUT2D eigenvalue weighted by atomic mass is 16.4. The molecule has 17 heavy (non-hydrogen) atoms. The Morgan fingerprint density at radius 2 is 1.76 bits per heavy atom. The number of piperidine rings is 1. The second kappa shape index (κ2) is 5.38. The molecule has 3 heteroatoms. The Morgan fingerprint density at radius 3 is 2.29 bits per heavy atom. The molecule has 0 aromatic carbocycles. The lowest BCUT2D eigenvalue weighted by molar-refractivity contribution is -0.140. The number of carboxylic acid groups (broad SMARTS) is 1. The molecule has 1 aliphatic carbocycles. The van der Waals surface area contributed by atoms with E-state index < -0.39 is 5.97 Å². The highest BCUT2D eigenvalue weighted by molar-refractivity contribution is 5.73. The number of hydrogen-bond donors (Lipinski definition) is 2. The SMILES string of the molecule is CC1CCC(C2CCC(C(=O)O)NC2)CC1C. The summed E-state index contributed by atoms with van der Waals surface area (Å²) >= 11 is 0. The monoisotopic (exact) mass is 239 g/mol. The van der Waals surface area contributed by atoms with E-state index in [4.69, 9.17) is 5.11 Å². The standard InChI is InChI=1S/C14H25NO2/c1-9-3-4-11(7-10(9)2)12-5-6-13(14(16)17)15-8-12/h9-13,15H,3-8H2,1-2H3,(H,16,17).